The van der Waals surface area contributed by atoms with E-state index in [1.54, 1.807) is 6.07 Å². The van der Waals surface area contributed by atoms with Gasteiger partial charge in [0, 0.05) is 10.0 Å². The van der Waals surface area contributed by atoms with Gasteiger partial charge in [-0.3, -0.25) is 0 Å². The minimum Gasteiger partial charge on any atom is -0.207 e. The Bertz CT molecular complexity index is 581. The van der Waals surface area contributed by atoms with Crippen molar-refractivity contribution in [3.63, 3.8) is 0 Å². The first kappa shape index (κ1) is 14.8. The lowest BCUT2D eigenvalue weighted by Crippen LogP contribution is -1.98. The summed E-state index contributed by atoms with van der Waals surface area (Å²) in [6, 6.07) is 10.8. The van der Waals surface area contributed by atoms with Gasteiger partial charge in [0.15, 0.2) is 0 Å². The quantitative estimate of drug-likeness (QED) is 0.455. The minimum absolute atomic E-state index is 0.365. The average molecular weight is 362 g/mol. The van der Waals surface area contributed by atoms with Crippen LogP contribution < -0.4 is 0 Å². The van der Waals surface area contributed by atoms with E-state index in [0.717, 1.165) is 12.0 Å². The van der Waals surface area contributed by atoms with Gasteiger partial charge in [0.2, 0.25) is 0 Å². The van der Waals surface area contributed by atoms with E-state index in [1.807, 2.05) is 24.3 Å². The van der Waals surface area contributed by atoms with Gasteiger partial charge < -0.3 is 0 Å². The summed E-state index contributed by atoms with van der Waals surface area (Å²) in [6.07, 6.45) is 0.964. The van der Waals surface area contributed by atoms with Gasteiger partial charge in [0.05, 0.1) is 10.4 Å². The van der Waals surface area contributed by atoms with Crippen LogP contribution in [0.25, 0.3) is 0 Å². The lowest BCUT2D eigenvalue weighted by Gasteiger charge is -2.13. The molecule has 0 bridgehead atoms. The highest BCUT2D eigenvalue weighted by atomic mass is 79.9. The molecule has 2 aromatic rings. The number of rotatable bonds is 3. The van der Waals surface area contributed by atoms with E-state index in [1.165, 1.54) is 11.6 Å². The molecule has 0 spiro atoms. The van der Waals surface area contributed by atoms with Gasteiger partial charge in [0.25, 0.3) is 0 Å². The highest BCUT2D eigenvalue weighted by Gasteiger charge is 2.17. The number of benzene rings is 2. The SMILES string of the molecule is CCc1ccc(C(Cl)c2cc(Cl)c(Br)cc2F)cc1. The van der Waals surface area contributed by atoms with Crippen molar-refractivity contribution in [2.75, 3.05) is 0 Å². The topological polar surface area (TPSA) is 0 Å². The molecule has 0 aliphatic rings. The first-order chi connectivity index (χ1) is 9.02. The minimum atomic E-state index is -0.545. The Morgan fingerprint density at radius 1 is 1.21 bits per heavy atom. The van der Waals surface area contributed by atoms with Gasteiger partial charge in [-0.2, -0.15) is 0 Å². The second-order valence-electron chi connectivity index (χ2n) is 4.25. The Labute approximate surface area is 130 Å². The highest BCUT2D eigenvalue weighted by Crippen LogP contribution is 2.35. The molecule has 19 heavy (non-hydrogen) atoms. The molecule has 0 aliphatic carbocycles. The van der Waals surface area contributed by atoms with Crippen molar-refractivity contribution in [1.82, 2.24) is 0 Å². The van der Waals surface area contributed by atoms with Crippen LogP contribution in [-0.4, -0.2) is 0 Å². The molecule has 4 heteroatoms. The highest BCUT2D eigenvalue weighted by molar-refractivity contribution is 9.10. The van der Waals surface area contributed by atoms with Crippen LogP contribution in [0.5, 0.6) is 0 Å². The molecule has 0 radical (unpaired) electrons. The fraction of sp³-hybridized carbons (Fsp3) is 0.200. The molecule has 100 valence electrons. The molecule has 0 fully saturated rings. The zero-order valence-corrected chi connectivity index (χ0v) is 13.4. The molecular weight excluding hydrogens is 350 g/mol. The Morgan fingerprint density at radius 3 is 2.42 bits per heavy atom. The van der Waals surface area contributed by atoms with E-state index in [4.69, 9.17) is 23.2 Å². The second-order valence-corrected chi connectivity index (χ2v) is 5.94. The summed E-state index contributed by atoms with van der Waals surface area (Å²) in [5.41, 5.74) is 2.47. The number of halogens is 4. The van der Waals surface area contributed by atoms with Crippen LogP contribution in [0.2, 0.25) is 5.02 Å². The van der Waals surface area contributed by atoms with Crippen molar-refractivity contribution in [2.45, 2.75) is 18.7 Å². The van der Waals surface area contributed by atoms with Gasteiger partial charge in [-0.05, 0) is 45.6 Å². The van der Waals surface area contributed by atoms with Crippen LogP contribution in [0.15, 0.2) is 40.9 Å². The largest absolute Gasteiger partial charge is 0.207 e. The lowest BCUT2D eigenvalue weighted by atomic mass is 10.0. The van der Waals surface area contributed by atoms with Crippen molar-refractivity contribution in [1.29, 1.82) is 0 Å². The van der Waals surface area contributed by atoms with E-state index in [9.17, 15) is 4.39 Å². The number of aryl methyl sites for hydroxylation is 1. The lowest BCUT2D eigenvalue weighted by molar-refractivity contribution is 0.611. The zero-order chi connectivity index (χ0) is 14.0. The van der Waals surface area contributed by atoms with Gasteiger partial charge in [0.1, 0.15) is 5.82 Å². The molecular formula is C15H12BrCl2F. The molecule has 0 nitrogen and oxygen atoms in total. The molecule has 0 saturated heterocycles. The Morgan fingerprint density at radius 2 is 1.84 bits per heavy atom. The van der Waals surface area contributed by atoms with E-state index >= 15 is 0 Å². The third kappa shape index (κ3) is 3.31. The van der Waals surface area contributed by atoms with E-state index in [-0.39, 0.29) is 5.82 Å². The van der Waals surface area contributed by atoms with Crippen LogP contribution in [0.3, 0.4) is 0 Å². The van der Waals surface area contributed by atoms with Crippen LogP contribution in [-0.2, 0) is 6.42 Å². The first-order valence-electron chi connectivity index (χ1n) is 5.90. The van der Waals surface area contributed by atoms with Gasteiger partial charge in [-0.15, -0.1) is 11.6 Å². The van der Waals surface area contributed by atoms with Crippen molar-refractivity contribution in [3.8, 4) is 0 Å². The summed E-state index contributed by atoms with van der Waals surface area (Å²) in [5, 5.41) is -0.0938. The fourth-order valence-electron chi connectivity index (χ4n) is 1.83. The molecule has 0 heterocycles. The molecule has 2 aromatic carbocycles. The molecule has 2 rings (SSSR count). The molecule has 0 saturated carbocycles. The summed E-state index contributed by atoms with van der Waals surface area (Å²) >= 11 is 15.5. The smallest absolute Gasteiger partial charge is 0.129 e. The molecule has 0 amide bonds. The summed E-state index contributed by atoms with van der Waals surface area (Å²) < 4.78 is 14.5. The normalized spacial score (nSPS) is 12.5. The van der Waals surface area contributed by atoms with Gasteiger partial charge >= 0.3 is 0 Å². The number of hydrogen-bond donors (Lipinski definition) is 0. The van der Waals surface area contributed by atoms with E-state index in [2.05, 4.69) is 22.9 Å². The third-order valence-electron chi connectivity index (χ3n) is 2.99. The maximum absolute atomic E-state index is 13.9. The standard InChI is InChI=1S/C15H12BrCl2F/c1-2-9-3-5-10(6-4-9)15(18)11-7-13(17)12(16)8-14(11)19/h3-8,15H,2H2,1H3. The maximum atomic E-state index is 13.9. The Kier molecular flexibility index (Phi) is 4.88. The van der Waals surface area contributed by atoms with E-state index in [0.29, 0.717) is 15.1 Å². The average Bonchev–Trinajstić information content (AvgIpc) is 2.42. The maximum Gasteiger partial charge on any atom is 0.129 e. The van der Waals surface area contributed by atoms with Crippen LogP contribution in [0.1, 0.15) is 29.0 Å². The monoisotopic (exact) mass is 360 g/mol. The predicted molar refractivity (Wildman–Crippen MR) is 82.6 cm³/mol. The van der Waals surface area contributed by atoms with Gasteiger partial charge in [-0.1, -0.05) is 42.8 Å². The van der Waals surface area contributed by atoms with Crippen molar-refractivity contribution < 1.29 is 4.39 Å². The van der Waals surface area contributed by atoms with Crippen molar-refractivity contribution in [3.05, 3.63) is 68.4 Å². The first-order valence-corrected chi connectivity index (χ1v) is 7.51. The Hall–Kier alpha value is -0.570. The molecule has 0 N–H and O–H groups in total. The van der Waals surface area contributed by atoms with Gasteiger partial charge in [-0.25, -0.2) is 4.39 Å². The van der Waals surface area contributed by atoms with Crippen LogP contribution in [0.4, 0.5) is 4.39 Å². The molecule has 0 aromatic heterocycles. The fourth-order valence-corrected chi connectivity index (χ4v) is 2.63. The summed E-state index contributed by atoms with van der Waals surface area (Å²) in [5.74, 6) is -0.365. The Balaban J connectivity index is 2.37. The van der Waals surface area contributed by atoms with E-state index < -0.39 is 5.38 Å². The predicted octanol–water partition coefficient (Wildman–Crippen LogP) is 6.13. The zero-order valence-electron chi connectivity index (χ0n) is 10.3. The van der Waals surface area contributed by atoms with Crippen molar-refractivity contribution in [2.24, 2.45) is 0 Å². The molecule has 1 atom stereocenters. The summed E-state index contributed by atoms with van der Waals surface area (Å²) in [7, 11) is 0. The summed E-state index contributed by atoms with van der Waals surface area (Å²) in [6.45, 7) is 2.08. The van der Waals surface area contributed by atoms with Crippen LogP contribution in [0, 0.1) is 5.82 Å². The summed E-state index contributed by atoms with van der Waals surface area (Å²) in [4.78, 5) is 0. The van der Waals surface area contributed by atoms with Crippen molar-refractivity contribution >= 4 is 39.1 Å². The van der Waals surface area contributed by atoms with Crippen LogP contribution >= 0.6 is 39.1 Å². The third-order valence-corrected chi connectivity index (χ3v) is 4.68. The molecule has 1 unspecified atom stereocenters. The number of hydrogen-bond acceptors (Lipinski definition) is 0. The molecule has 0 aliphatic heterocycles. The number of alkyl halides is 1. The second kappa shape index (κ2) is 6.25.